The summed E-state index contributed by atoms with van der Waals surface area (Å²) in [6.45, 7) is 7.50. The van der Waals surface area contributed by atoms with E-state index in [4.69, 9.17) is 16.3 Å². The molecule has 0 saturated carbocycles. The molecule has 0 unspecified atom stereocenters. The van der Waals surface area contributed by atoms with Crippen molar-refractivity contribution in [2.45, 2.75) is 45.2 Å². The van der Waals surface area contributed by atoms with Gasteiger partial charge in [0.1, 0.15) is 11.3 Å². The fourth-order valence-electron chi connectivity index (χ4n) is 3.87. The Bertz CT molecular complexity index is 846. The lowest BCUT2D eigenvalue weighted by molar-refractivity contribution is -0.132. The highest BCUT2D eigenvalue weighted by atomic mass is 35.5. The van der Waals surface area contributed by atoms with Gasteiger partial charge in [0.05, 0.1) is 12.1 Å². The molecule has 29 heavy (non-hydrogen) atoms. The van der Waals surface area contributed by atoms with Crippen LogP contribution in [0.3, 0.4) is 0 Å². The normalized spacial score (nSPS) is 24.4. The van der Waals surface area contributed by atoms with Crippen LogP contribution in [0.2, 0.25) is 5.02 Å². The first-order chi connectivity index (χ1) is 13.6. The number of nitrogens with one attached hydrogen (secondary N) is 2. The van der Waals surface area contributed by atoms with Crippen molar-refractivity contribution in [3.8, 4) is 5.75 Å². The molecule has 0 spiro atoms. The fraction of sp³-hybridized carbons (Fsp3) is 0.550. The van der Waals surface area contributed by atoms with Crippen molar-refractivity contribution >= 4 is 35.1 Å². The maximum atomic E-state index is 12.7. The molecule has 0 aromatic heterocycles. The monoisotopic (exact) mass is 422 g/mol. The van der Waals surface area contributed by atoms with Crippen molar-refractivity contribution in [1.29, 1.82) is 0 Å². The zero-order valence-corrected chi connectivity index (χ0v) is 17.9. The topological polar surface area (TPSA) is 91.0 Å². The second kappa shape index (κ2) is 8.10. The predicted octanol–water partition coefficient (Wildman–Crippen LogP) is 2.07. The van der Waals surface area contributed by atoms with E-state index in [9.17, 15) is 14.4 Å². The smallest absolute Gasteiger partial charge is 0.322 e. The predicted molar refractivity (Wildman–Crippen MR) is 110 cm³/mol. The Morgan fingerprint density at radius 1 is 1.34 bits per heavy atom. The first-order valence-electron chi connectivity index (χ1n) is 9.67. The third-order valence-corrected chi connectivity index (χ3v) is 6.18. The molecule has 158 valence electrons. The second-order valence-electron chi connectivity index (χ2n) is 7.90. The number of ether oxygens (including phenoxy) is 1. The molecule has 2 saturated heterocycles. The molecule has 2 atom stereocenters. The molecule has 2 heterocycles. The van der Waals surface area contributed by atoms with Crippen LogP contribution >= 0.6 is 11.6 Å². The van der Waals surface area contributed by atoms with Crippen molar-refractivity contribution < 1.29 is 19.1 Å². The van der Waals surface area contributed by atoms with Crippen LogP contribution in [0.1, 0.15) is 32.3 Å². The van der Waals surface area contributed by atoms with Gasteiger partial charge in [0.15, 0.2) is 0 Å². The number of hydrogen-bond donors (Lipinski definition) is 2. The summed E-state index contributed by atoms with van der Waals surface area (Å²) in [6.07, 6.45) is 0.469. The van der Waals surface area contributed by atoms with E-state index in [1.165, 1.54) is 0 Å². The Labute approximate surface area is 175 Å². The van der Waals surface area contributed by atoms with Crippen LogP contribution < -0.4 is 20.3 Å². The number of urea groups is 1. The van der Waals surface area contributed by atoms with Gasteiger partial charge in [0, 0.05) is 43.9 Å². The van der Waals surface area contributed by atoms with Gasteiger partial charge in [-0.1, -0.05) is 11.6 Å². The molecule has 1 aromatic rings. The molecule has 9 heteroatoms. The van der Waals surface area contributed by atoms with Gasteiger partial charge in [-0.2, -0.15) is 0 Å². The van der Waals surface area contributed by atoms with E-state index >= 15 is 0 Å². The van der Waals surface area contributed by atoms with Crippen molar-refractivity contribution in [1.82, 2.24) is 15.5 Å². The van der Waals surface area contributed by atoms with Crippen molar-refractivity contribution in [2.24, 2.45) is 0 Å². The van der Waals surface area contributed by atoms with Crippen LogP contribution in [-0.2, 0) is 9.59 Å². The second-order valence-corrected chi connectivity index (χ2v) is 8.28. The number of carbonyl (C=O) groups is 3. The molecule has 0 bridgehead atoms. The highest BCUT2D eigenvalue weighted by molar-refractivity contribution is 6.32. The Balaban J connectivity index is 1.61. The summed E-state index contributed by atoms with van der Waals surface area (Å²) in [5.74, 6) is 0.231. The summed E-state index contributed by atoms with van der Waals surface area (Å²) < 4.78 is 5.37. The molecule has 0 radical (unpaired) electrons. The number of carbonyl (C=O) groups excluding carboxylic acids is 3. The Hall–Kier alpha value is -2.48. The molecular weight excluding hydrogens is 396 g/mol. The van der Waals surface area contributed by atoms with Crippen molar-refractivity contribution in [3.63, 3.8) is 0 Å². The van der Waals surface area contributed by atoms with E-state index in [2.05, 4.69) is 22.5 Å². The van der Waals surface area contributed by atoms with Gasteiger partial charge in [-0.15, -0.1) is 0 Å². The Morgan fingerprint density at radius 3 is 2.66 bits per heavy atom. The summed E-state index contributed by atoms with van der Waals surface area (Å²) >= 11 is 6.27. The molecule has 1 aromatic carbocycles. The van der Waals surface area contributed by atoms with E-state index in [0.29, 0.717) is 30.4 Å². The van der Waals surface area contributed by atoms with Crippen molar-refractivity contribution in [3.05, 3.63) is 22.7 Å². The average molecular weight is 423 g/mol. The number of imide groups is 1. The average Bonchev–Trinajstić information content (AvgIpc) is 2.93. The number of methoxy groups -OCH3 is 1. The minimum absolute atomic E-state index is 0.0171. The number of piperazine rings is 1. The zero-order chi connectivity index (χ0) is 21.3. The van der Waals surface area contributed by atoms with Gasteiger partial charge in [-0.3, -0.25) is 14.9 Å². The molecule has 2 fully saturated rings. The van der Waals surface area contributed by atoms with Gasteiger partial charge in [0.25, 0.3) is 5.91 Å². The Morgan fingerprint density at radius 2 is 2.07 bits per heavy atom. The lowest BCUT2D eigenvalue weighted by atomic mass is 9.95. The first-order valence-corrected chi connectivity index (χ1v) is 10.0. The van der Waals surface area contributed by atoms with Gasteiger partial charge >= 0.3 is 6.03 Å². The number of nitrogens with zero attached hydrogens (tertiary/aromatic N) is 2. The minimum Gasteiger partial charge on any atom is -0.495 e. The number of halogens is 1. The summed E-state index contributed by atoms with van der Waals surface area (Å²) in [6, 6.07) is 3.55. The lowest BCUT2D eigenvalue weighted by Crippen LogP contribution is -2.54. The minimum atomic E-state index is -1.03. The maximum Gasteiger partial charge on any atom is 0.322 e. The van der Waals surface area contributed by atoms with E-state index in [-0.39, 0.29) is 30.7 Å². The molecule has 0 aliphatic carbocycles. The summed E-state index contributed by atoms with van der Waals surface area (Å²) in [5, 5.41) is 5.42. The van der Waals surface area contributed by atoms with Gasteiger partial charge in [-0.25, -0.2) is 4.79 Å². The number of benzene rings is 1. The number of anilines is 1. The molecule has 2 aliphatic heterocycles. The standard InChI is InChI=1S/C20H27ClN4O4/c1-12-9-14(10-15(29-4)17(12)21)25-8-7-24(11-13(25)2)16(26)5-6-20(3)18(27)22-19(28)23-20/h9-10,13H,5-8,11H2,1-4H3,(H2,22,23,27,28)/t13-,20+/m0/s1. The molecule has 4 amide bonds. The third-order valence-electron chi connectivity index (χ3n) is 5.69. The molecule has 2 aliphatic rings. The molecular formula is C20H27ClN4O4. The summed E-state index contributed by atoms with van der Waals surface area (Å²) in [4.78, 5) is 40.0. The van der Waals surface area contributed by atoms with E-state index in [1.54, 1.807) is 14.0 Å². The largest absolute Gasteiger partial charge is 0.495 e. The molecule has 8 nitrogen and oxygen atoms in total. The number of amides is 4. The number of rotatable bonds is 5. The van der Waals surface area contributed by atoms with Crippen molar-refractivity contribution in [2.75, 3.05) is 31.6 Å². The van der Waals surface area contributed by atoms with Gasteiger partial charge in [-0.05, 0) is 38.8 Å². The molecule has 3 rings (SSSR count). The summed E-state index contributed by atoms with van der Waals surface area (Å²) in [7, 11) is 1.60. The van der Waals surface area contributed by atoms with Crippen LogP contribution in [0.25, 0.3) is 0 Å². The number of hydrogen-bond acceptors (Lipinski definition) is 5. The quantitative estimate of drug-likeness (QED) is 0.709. The first kappa shape index (κ1) is 21.2. The lowest BCUT2D eigenvalue weighted by Gasteiger charge is -2.41. The van der Waals surface area contributed by atoms with Crippen LogP contribution in [0, 0.1) is 6.92 Å². The SMILES string of the molecule is COc1cc(N2CCN(C(=O)CC[C@@]3(C)NC(=O)NC3=O)C[C@@H]2C)cc(C)c1Cl. The van der Waals surface area contributed by atoms with Gasteiger partial charge in [0.2, 0.25) is 5.91 Å². The third kappa shape index (κ3) is 4.27. The van der Waals surface area contributed by atoms with Crippen LogP contribution in [0.4, 0.5) is 10.5 Å². The van der Waals surface area contributed by atoms with Gasteiger partial charge < -0.3 is 19.9 Å². The zero-order valence-electron chi connectivity index (χ0n) is 17.2. The van der Waals surface area contributed by atoms with E-state index < -0.39 is 11.6 Å². The van der Waals surface area contributed by atoms with Crippen LogP contribution in [-0.4, -0.2) is 61.1 Å². The molecule has 2 N–H and O–H groups in total. The van der Waals surface area contributed by atoms with E-state index in [0.717, 1.165) is 11.3 Å². The fourth-order valence-corrected chi connectivity index (χ4v) is 4.06. The highest BCUT2D eigenvalue weighted by Gasteiger charge is 2.42. The Kier molecular flexibility index (Phi) is 5.93. The van der Waals surface area contributed by atoms with E-state index in [1.807, 2.05) is 24.0 Å². The van der Waals surface area contributed by atoms with Crippen LogP contribution in [0.15, 0.2) is 12.1 Å². The van der Waals surface area contributed by atoms with Crippen LogP contribution in [0.5, 0.6) is 5.75 Å². The number of aryl methyl sites for hydroxylation is 1. The summed E-state index contributed by atoms with van der Waals surface area (Å²) in [5.41, 5.74) is 0.926. The maximum absolute atomic E-state index is 12.7. The highest BCUT2D eigenvalue weighted by Crippen LogP contribution is 2.34.